The van der Waals surface area contributed by atoms with E-state index in [1.54, 1.807) is 19.0 Å². The van der Waals surface area contributed by atoms with Crippen LogP contribution in [0.1, 0.15) is 76.3 Å². The Morgan fingerprint density at radius 1 is 1.05 bits per heavy atom. The summed E-state index contributed by atoms with van der Waals surface area (Å²) in [6.45, 7) is 4.14. The van der Waals surface area contributed by atoms with Gasteiger partial charge in [-0.25, -0.2) is 9.59 Å². The Balaban J connectivity index is 1.25. The molecule has 5 fully saturated rings. The van der Waals surface area contributed by atoms with Gasteiger partial charge in [-0.3, -0.25) is 28.6 Å². The van der Waals surface area contributed by atoms with E-state index in [4.69, 9.17) is 4.74 Å². The molecule has 0 atom stereocenters. The maximum absolute atomic E-state index is 13.8. The molecule has 0 bridgehead atoms. The predicted octanol–water partition coefficient (Wildman–Crippen LogP) is 2.82. The minimum Gasteiger partial charge on any atom is -0.494 e. The molecule has 224 valence electrons. The summed E-state index contributed by atoms with van der Waals surface area (Å²) in [6.07, 6.45) is 7.18. The van der Waals surface area contributed by atoms with Gasteiger partial charge >= 0.3 is 11.7 Å². The first-order valence-corrected chi connectivity index (χ1v) is 16.0. The number of carbonyl (C=O) groups is 2. The van der Waals surface area contributed by atoms with Gasteiger partial charge in [-0.05, 0) is 68.5 Å². The smallest absolute Gasteiger partial charge is 0.334 e. The molecule has 2 saturated heterocycles. The number of carbonyl (C=O) groups excluding carboxylic acids is 2. The highest BCUT2D eigenvalue weighted by molar-refractivity contribution is 8.14. The first-order chi connectivity index (χ1) is 19.6. The van der Waals surface area contributed by atoms with E-state index in [0.29, 0.717) is 68.7 Å². The Morgan fingerprint density at radius 3 is 2.27 bits per heavy atom. The zero-order valence-electron chi connectivity index (χ0n) is 24.3. The van der Waals surface area contributed by atoms with Crippen molar-refractivity contribution in [2.75, 3.05) is 39.6 Å². The molecule has 41 heavy (non-hydrogen) atoms. The van der Waals surface area contributed by atoms with Crippen molar-refractivity contribution in [1.29, 1.82) is 0 Å². The van der Waals surface area contributed by atoms with Gasteiger partial charge < -0.3 is 14.7 Å². The lowest BCUT2D eigenvalue weighted by atomic mass is 9.51. The summed E-state index contributed by atoms with van der Waals surface area (Å²) >= 11 is 1.39. The Morgan fingerprint density at radius 2 is 1.73 bits per heavy atom. The number of aromatic nitrogens is 2. The molecule has 1 N–H and O–H groups in total. The van der Waals surface area contributed by atoms with Crippen LogP contribution in [0.25, 0.3) is 0 Å². The fourth-order valence-corrected chi connectivity index (χ4v) is 8.51. The SMILES string of the molecule is CCSC(=NC)c1c(O)n(CC2CCC2)c(=O)n(C2CCC3(CC2)CC2(C3)C(=O)N(C)C(=O)N2CC2COC2)c1=O. The van der Waals surface area contributed by atoms with Gasteiger partial charge in [0.2, 0.25) is 5.88 Å². The van der Waals surface area contributed by atoms with Crippen LogP contribution in [0, 0.1) is 17.3 Å². The van der Waals surface area contributed by atoms with E-state index in [-0.39, 0.29) is 40.8 Å². The first kappa shape index (κ1) is 28.5. The first-order valence-electron chi connectivity index (χ1n) is 15.0. The second-order valence-electron chi connectivity index (χ2n) is 12.8. The number of hydrogen-bond acceptors (Lipinski definition) is 8. The van der Waals surface area contributed by atoms with Crippen molar-refractivity contribution < 1.29 is 19.4 Å². The molecule has 6 rings (SSSR count). The molecular weight excluding hydrogens is 546 g/mol. The third-order valence-electron chi connectivity index (χ3n) is 10.3. The Bertz CT molecular complexity index is 1380. The van der Waals surface area contributed by atoms with Gasteiger partial charge in [0.25, 0.3) is 11.5 Å². The zero-order valence-corrected chi connectivity index (χ0v) is 25.1. The number of imide groups is 1. The minimum atomic E-state index is -0.782. The van der Waals surface area contributed by atoms with Crippen molar-refractivity contribution in [3.8, 4) is 5.88 Å². The Kier molecular flexibility index (Phi) is 7.37. The lowest BCUT2D eigenvalue weighted by molar-refractivity contribution is -0.152. The van der Waals surface area contributed by atoms with Crippen LogP contribution in [0.2, 0.25) is 0 Å². The predicted molar refractivity (Wildman–Crippen MR) is 156 cm³/mol. The molecule has 0 radical (unpaired) electrons. The number of nitrogens with zero attached hydrogens (tertiary/aromatic N) is 5. The number of amides is 3. The molecule has 2 aliphatic heterocycles. The molecule has 3 aliphatic carbocycles. The normalized spacial score (nSPS) is 30.7. The van der Waals surface area contributed by atoms with Crippen molar-refractivity contribution in [1.82, 2.24) is 18.9 Å². The topological polar surface area (TPSA) is 126 Å². The van der Waals surface area contributed by atoms with Crippen LogP contribution < -0.4 is 11.2 Å². The Labute approximate surface area is 243 Å². The number of urea groups is 1. The van der Waals surface area contributed by atoms with E-state index in [1.807, 2.05) is 6.92 Å². The van der Waals surface area contributed by atoms with E-state index in [0.717, 1.165) is 32.1 Å². The summed E-state index contributed by atoms with van der Waals surface area (Å²) < 4.78 is 8.08. The van der Waals surface area contributed by atoms with Crippen LogP contribution in [0.4, 0.5) is 4.79 Å². The number of aliphatic imine (C=N–C) groups is 1. The standard InChI is InChI=1S/C29H41N5O6S/c1-4-41-22(30-2)21-23(35)32(12-18-6-5-7-18)27(39)34(24(21)36)20-8-10-28(11-9-20)16-29(17-28)25(37)31(3)26(38)33(29)13-19-14-40-15-19/h18-20,35H,4-17H2,1-3H3. The van der Waals surface area contributed by atoms with E-state index in [9.17, 15) is 24.3 Å². The van der Waals surface area contributed by atoms with E-state index in [2.05, 4.69) is 4.99 Å². The van der Waals surface area contributed by atoms with Crippen LogP contribution in [-0.2, 0) is 16.1 Å². The molecule has 3 saturated carbocycles. The fraction of sp³-hybridized carbons (Fsp3) is 0.759. The maximum atomic E-state index is 13.8. The monoisotopic (exact) mass is 587 g/mol. The van der Waals surface area contributed by atoms with Crippen LogP contribution in [0.3, 0.4) is 0 Å². The average Bonchev–Trinajstić information content (AvgIpc) is 3.06. The maximum Gasteiger partial charge on any atom is 0.334 e. The number of ether oxygens (including phenoxy) is 1. The van der Waals surface area contributed by atoms with E-state index >= 15 is 0 Å². The lowest BCUT2D eigenvalue weighted by Gasteiger charge is -2.58. The molecule has 11 nitrogen and oxygen atoms in total. The molecule has 1 aromatic heterocycles. The van der Waals surface area contributed by atoms with Crippen LogP contribution in [-0.4, -0.2) is 86.2 Å². The second kappa shape index (κ2) is 10.6. The number of hydrogen-bond donors (Lipinski definition) is 1. The summed E-state index contributed by atoms with van der Waals surface area (Å²) in [7, 11) is 3.17. The molecule has 0 unspecified atom stereocenters. The number of likely N-dealkylation sites (N-methyl/N-ethyl adjacent to an activating group) is 1. The van der Waals surface area contributed by atoms with Gasteiger partial charge in [0.1, 0.15) is 16.1 Å². The van der Waals surface area contributed by atoms with Gasteiger partial charge in [-0.1, -0.05) is 13.3 Å². The van der Waals surface area contributed by atoms with Gasteiger partial charge in [-0.2, -0.15) is 0 Å². The third kappa shape index (κ3) is 4.47. The van der Waals surface area contributed by atoms with Gasteiger partial charge in [0.05, 0.1) is 13.2 Å². The van der Waals surface area contributed by atoms with Crippen LogP contribution in [0.5, 0.6) is 5.88 Å². The largest absolute Gasteiger partial charge is 0.494 e. The van der Waals surface area contributed by atoms with Gasteiger partial charge in [-0.15, -0.1) is 11.8 Å². The molecular formula is C29H41N5O6S. The third-order valence-corrected chi connectivity index (χ3v) is 11.3. The van der Waals surface area contributed by atoms with Crippen molar-refractivity contribution in [2.45, 2.75) is 82.8 Å². The van der Waals surface area contributed by atoms with E-state index < -0.39 is 16.8 Å². The average molecular weight is 588 g/mol. The molecule has 3 heterocycles. The van der Waals surface area contributed by atoms with Crippen molar-refractivity contribution in [3.63, 3.8) is 0 Å². The molecule has 1 aromatic rings. The molecule has 12 heteroatoms. The second-order valence-corrected chi connectivity index (χ2v) is 14.1. The summed E-state index contributed by atoms with van der Waals surface area (Å²) in [6, 6.07) is -0.514. The highest BCUT2D eigenvalue weighted by Crippen LogP contribution is 2.62. The minimum absolute atomic E-state index is 0.0889. The van der Waals surface area contributed by atoms with Crippen molar-refractivity contribution in [3.05, 3.63) is 26.4 Å². The molecule has 3 amide bonds. The van der Waals surface area contributed by atoms with E-state index in [1.165, 1.54) is 25.8 Å². The number of thioether (sulfide) groups is 1. The molecule has 5 aliphatic rings. The highest BCUT2D eigenvalue weighted by atomic mass is 32.2. The summed E-state index contributed by atoms with van der Waals surface area (Å²) in [4.78, 5) is 61.2. The van der Waals surface area contributed by atoms with Gasteiger partial charge in [0, 0.05) is 39.1 Å². The number of rotatable bonds is 7. The fourth-order valence-electron chi connectivity index (χ4n) is 7.79. The molecule has 0 aromatic carbocycles. The lowest BCUT2D eigenvalue weighted by Crippen LogP contribution is -2.65. The molecule has 2 spiro atoms. The summed E-state index contributed by atoms with van der Waals surface area (Å²) in [5.41, 5.74) is -1.67. The van der Waals surface area contributed by atoms with Gasteiger partial charge in [0.15, 0.2) is 0 Å². The van der Waals surface area contributed by atoms with Crippen LogP contribution in [0.15, 0.2) is 14.6 Å². The summed E-state index contributed by atoms with van der Waals surface area (Å²) in [5.74, 6) is 0.875. The van der Waals surface area contributed by atoms with Crippen molar-refractivity contribution >= 4 is 28.7 Å². The number of aromatic hydroxyl groups is 1. The summed E-state index contributed by atoms with van der Waals surface area (Å²) in [5, 5.41) is 11.6. The Hall–Kier alpha value is -2.60. The zero-order chi connectivity index (χ0) is 29.1. The van der Waals surface area contributed by atoms with Crippen molar-refractivity contribution in [2.24, 2.45) is 22.2 Å². The highest BCUT2D eigenvalue weighted by Gasteiger charge is 2.68. The van der Waals surface area contributed by atoms with Crippen LogP contribution >= 0.6 is 11.8 Å². The quantitative estimate of drug-likeness (QED) is 0.295.